The normalized spacial score (nSPS) is 13.6. The first kappa shape index (κ1) is 13.4. The van der Waals surface area contributed by atoms with Crippen molar-refractivity contribution in [2.75, 3.05) is 13.1 Å². The minimum Gasteiger partial charge on any atom is -0.299 e. The first-order valence-electron chi connectivity index (χ1n) is 5.41. The van der Waals surface area contributed by atoms with E-state index in [1.807, 2.05) is 0 Å². The van der Waals surface area contributed by atoms with Crippen LogP contribution < -0.4 is 5.32 Å². The number of hydrogen-bond acceptors (Lipinski definition) is 3. The van der Waals surface area contributed by atoms with Crippen LogP contribution in [-0.2, 0) is 0 Å². The lowest BCUT2D eigenvalue weighted by molar-refractivity contribution is 0.217. The number of nitriles is 1. The van der Waals surface area contributed by atoms with Gasteiger partial charge in [0.05, 0.1) is 6.07 Å². The van der Waals surface area contributed by atoms with Crippen LogP contribution in [-0.4, -0.2) is 36.1 Å². The molecule has 0 aromatic carbocycles. The summed E-state index contributed by atoms with van der Waals surface area (Å²) in [5, 5.41) is 12.2. The van der Waals surface area contributed by atoms with Crippen LogP contribution in [0.5, 0.6) is 0 Å². The second-order valence-electron chi connectivity index (χ2n) is 4.18. The van der Waals surface area contributed by atoms with Gasteiger partial charge in [0.1, 0.15) is 6.04 Å². The van der Waals surface area contributed by atoms with Crippen LogP contribution in [0, 0.1) is 11.3 Å². The van der Waals surface area contributed by atoms with E-state index in [2.05, 4.69) is 50.9 Å². The highest BCUT2D eigenvalue weighted by atomic mass is 15.2. The zero-order valence-electron chi connectivity index (χ0n) is 10.0. The molecule has 0 saturated carbocycles. The fourth-order valence-electron chi connectivity index (χ4n) is 1.47. The molecule has 82 valence electrons. The summed E-state index contributed by atoms with van der Waals surface area (Å²) in [7, 11) is 0. The van der Waals surface area contributed by atoms with E-state index < -0.39 is 0 Å². The molecule has 14 heavy (non-hydrogen) atoms. The van der Waals surface area contributed by atoms with Crippen molar-refractivity contribution in [2.24, 2.45) is 0 Å². The molecule has 0 aliphatic heterocycles. The molecule has 0 amide bonds. The Morgan fingerprint density at radius 1 is 1.29 bits per heavy atom. The van der Waals surface area contributed by atoms with E-state index in [1.54, 1.807) is 0 Å². The third-order valence-corrected chi connectivity index (χ3v) is 2.24. The van der Waals surface area contributed by atoms with Crippen molar-refractivity contribution in [3.63, 3.8) is 0 Å². The van der Waals surface area contributed by atoms with Crippen molar-refractivity contribution in [1.82, 2.24) is 10.2 Å². The van der Waals surface area contributed by atoms with Gasteiger partial charge in [-0.25, -0.2) is 0 Å². The number of hydrogen-bond donors (Lipinski definition) is 1. The molecule has 0 fully saturated rings. The van der Waals surface area contributed by atoms with Crippen molar-refractivity contribution < 1.29 is 0 Å². The predicted octanol–water partition coefficient (Wildman–Crippen LogP) is 1.61. The molecular formula is C11H23N3. The maximum absolute atomic E-state index is 8.96. The quantitative estimate of drug-likeness (QED) is 0.703. The van der Waals surface area contributed by atoms with Crippen LogP contribution in [0.4, 0.5) is 0 Å². The minimum atomic E-state index is -0.0580. The Morgan fingerprint density at radius 3 is 2.14 bits per heavy atom. The first-order valence-corrected chi connectivity index (χ1v) is 5.41. The smallest absolute Gasteiger partial charge is 0.108 e. The van der Waals surface area contributed by atoms with Gasteiger partial charge in [0.15, 0.2) is 0 Å². The molecule has 1 N–H and O–H groups in total. The van der Waals surface area contributed by atoms with Crippen LogP contribution >= 0.6 is 0 Å². The maximum atomic E-state index is 8.96. The largest absolute Gasteiger partial charge is 0.299 e. The van der Waals surface area contributed by atoms with Crippen molar-refractivity contribution in [2.45, 2.75) is 52.7 Å². The van der Waals surface area contributed by atoms with Gasteiger partial charge in [-0.15, -0.1) is 0 Å². The summed E-state index contributed by atoms with van der Waals surface area (Å²) >= 11 is 0. The second kappa shape index (κ2) is 6.80. The summed E-state index contributed by atoms with van der Waals surface area (Å²) in [6.45, 7) is 12.4. The van der Waals surface area contributed by atoms with E-state index in [9.17, 15) is 0 Å². The lowest BCUT2D eigenvalue weighted by Crippen LogP contribution is -2.45. The summed E-state index contributed by atoms with van der Waals surface area (Å²) in [5.41, 5.74) is 0. The molecule has 0 aliphatic rings. The van der Waals surface area contributed by atoms with Gasteiger partial charge >= 0.3 is 0 Å². The molecule has 0 aromatic heterocycles. The fraction of sp³-hybridized carbons (Fsp3) is 0.909. The van der Waals surface area contributed by atoms with Gasteiger partial charge in [-0.05, 0) is 34.2 Å². The van der Waals surface area contributed by atoms with Gasteiger partial charge in [-0.1, -0.05) is 6.92 Å². The summed E-state index contributed by atoms with van der Waals surface area (Å²) in [5.74, 6) is 0. The third kappa shape index (κ3) is 5.21. The van der Waals surface area contributed by atoms with Gasteiger partial charge in [-0.2, -0.15) is 5.26 Å². The third-order valence-electron chi connectivity index (χ3n) is 2.24. The highest BCUT2D eigenvalue weighted by molar-refractivity contribution is 4.93. The SMILES string of the molecule is CCN(CC(C#N)NC(C)C)C(C)C. The lowest BCUT2D eigenvalue weighted by Gasteiger charge is -2.27. The molecule has 0 rings (SSSR count). The zero-order valence-corrected chi connectivity index (χ0v) is 10.0. The average molecular weight is 197 g/mol. The highest BCUT2D eigenvalue weighted by Crippen LogP contribution is 1.99. The van der Waals surface area contributed by atoms with Gasteiger partial charge in [0, 0.05) is 18.6 Å². The fourth-order valence-corrected chi connectivity index (χ4v) is 1.47. The highest BCUT2D eigenvalue weighted by Gasteiger charge is 2.14. The number of likely N-dealkylation sites (N-methyl/N-ethyl adjacent to an activating group) is 1. The molecule has 0 aromatic rings. The van der Waals surface area contributed by atoms with Gasteiger partial charge < -0.3 is 0 Å². The summed E-state index contributed by atoms with van der Waals surface area (Å²) in [6, 6.07) is 3.11. The van der Waals surface area contributed by atoms with Crippen molar-refractivity contribution >= 4 is 0 Å². The number of nitrogens with zero attached hydrogens (tertiary/aromatic N) is 2. The summed E-state index contributed by atoms with van der Waals surface area (Å²) in [6.07, 6.45) is 0. The monoisotopic (exact) mass is 197 g/mol. The van der Waals surface area contributed by atoms with E-state index in [1.165, 1.54) is 0 Å². The van der Waals surface area contributed by atoms with E-state index in [-0.39, 0.29) is 6.04 Å². The molecular weight excluding hydrogens is 174 g/mol. The van der Waals surface area contributed by atoms with E-state index in [0.29, 0.717) is 12.1 Å². The van der Waals surface area contributed by atoms with Crippen molar-refractivity contribution in [1.29, 1.82) is 5.26 Å². The Balaban J connectivity index is 4.09. The molecule has 1 unspecified atom stereocenters. The average Bonchev–Trinajstić information content (AvgIpc) is 2.10. The number of rotatable bonds is 6. The van der Waals surface area contributed by atoms with Crippen LogP contribution in [0.2, 0.25) is 0 Å². The van der Waals surface area contributed by atoms with Crippen molar-refractivity contribution in [3.05, 3.63) is 0 Å². The molecule has 0 bridgehead atoms. The van der Waals surface area contributed by atoms with Gasteiger partial charge in [-0.3, -0.25) is 10.2 Å². The molecule has 1 atom stereocenters. The molecule has 0 saturated heterocycles. The Morgan fingerprint density at radius 2 is 1.86 bits per heavy atom. The standard InChI is InChI=1S/C11H23N3/c1-6-14(10(4)5)8-11(7-12)13-9(2)3/h9-11,13H,6,8H2,1-5H3. The summed E-state index contributed by atoms with van der Waals surface area (Å²) < 4.78 is 0. The Hall–Kier alpha value is -0.590. The summed E-state index contributed by atoms with van der Waals surface area (Å²) in [4.78, 5) is 2.29. The van der Waals surface area contributed by atoms with Crippen LogP contribution in [0.3, 0.4) is 0 Å². The van der Waals surface area contributed by atoms with E-state index in [0.717, 1.165) is 13.1 Å². The van der Waals surface area contributed by atoms with Gasteiger partial charge in [0.25, 0.3) is 0 Å². The van der Waals surface area contributed by atoms with Crippen LogP contribution in [0.15, 0.2) is 0 Å². The van der Waals surface area contributed by atoms with E-state index in [4.69, 9.17) is 5.26 Å². The van der Waals surface area contributed by atoms with Crippen LogP contribution in [0.25, 0.3) is 0 Å². The topological polar surface area (TPSA) is 39.1 Å². The van der Waals surface area contributed by atoms with Gasteiger partial charge in [0.2, 0.25) is 0 Å². The minimum absolute atomic E-state index is 0.0580. The van der Waals surface area contributed by atoms with Crippen molar-refractivity contribution in [3.8, 4) is 6.07 Å². The van der Waals surface area contributed by atoms with E-state index >= 15 is 0 Å². The molecule has 3 nitrogen and oxygen atoms in total. The molecule has 0 spiro atoms. The maximum Gasteiger partial charge on any atom is 0.108 e. The molecule has 0 heterocycles. The van der Waals surface area contributed by atoms with Crippen LogP contribution in [0.1, 0.15) is 34.6 Å². The zero-order chi connectivity index (χ0) is 11.1. The Bertz CT molecular complexity index is 181. The molecule has 0 aliphatic carbocycles. The second-order valence-corrected chi connectivity index (χ2v) is 4.18. The predicted molar refractivity (Wildman–Crippen MR) is 60.1 cm³/mol. The lowest BCUT2D eigenvalue weighted by atomic mass is 10.2. The molecule has 0 radical (unpaired) electrons. The number of nitrogens with one attached hydrogen (secondary N) is 1. The molecule has 3 heteroatoms. The first-order chi connectivity index (χ1) is 6.51. The Labute approximate surface area is 88.1 Å². The Kier molecular flexibility index (Phi) is 6.52.